The average Bonchev–Trinajstić information content (AvgIpc) is 2.96. The molecule has 0 unspecified atom stereocenters. The zero-order valence-electron chi connectivity index (χ0n) is 12.2. The molecule has 0 aliphatic rings. The van der Waals surface area contributed by atoms with Gasteiger partial charge in [-0.05, 0) is 30.3 Å². The van der Waals surface area contributed by atoms with Crippen LogP contribution in [0.1, 0.15) is 0 Å². The number of methoxy groups -OCH3 is 1. The number of pyridine rings is 1. The fourth-order valence-electron chi connectivity index (χ4n) is 2.01. The molecular formula is C15H13ClN4O2S. The molecule has 0 saturated carbocycles. The van der Waals surface area contributed by atoms with Crippen molar-refractivity contribution in [1.29, 1.82) is 0 Å². The first-order valence-electron chi connectivity index (χ1n) is 6.73. The standard InChI is InChI=1S/C15H13ClN4O2S/c1-22-12-6-5-10(16)8-11(12)17-14(21)9-23-15-19-18-13-4-2-3-7-20(13)15/h2-8H,9H2,1H3,(H,17,21). The lowest BCUT2D eigenvalue weighted by atomic mass is 10.3. The van der Waals surface area contributed by atoms with Gasteiger partial charge in [-0.2, -0.15) is 0 Å². The summed E-state index contributed by atoms with van der Waals surface area (Å²) in [5.74, 6) is 0.578. The Balaban J connectivity index is 1.67. The third-order valence-electron chi connectivity index (χ3n) is 3.05. The fourth-order valence-corrected chi connectivity index (χ4v) is 2.91. The minimum Gasteiger partial charge on any atom is -0.495 e. The quantitative estimate of drug-likeness (QED) is 0.717. The van der Waals surface area contributed by atoms with Crippen LogP contribution in [-0.4, -0.2) is 33.4 Å². The number of benzene rings is 1. The van der Waals surface area contributed by atoms with Gasteiger partial charge in [0.1, 0.15) is 5.75 Å². The van der Waals surface area contributed by atoms with Crippen LogP contribution in [0.2, 0.25) is 5.02 Å². The number of carbonyl (C=O) groups is 1. The van der Waals surface area contributed by atoms with E-state index in [9.17, 15) is 4.79 Å². The van der Waals surface area contributed by atoms with E-state index in [1.807, 2.05) is 28.8 Å². The molecule has 0 aliphatic heterocycles. The third kappa shape index (κ3) is 3.57. The van der Waals surface area contributed by atoms with Crippen LogP contribution < -0.4 is 10.1 Å². The zero-order chi connectivity index (χ0) is 16.2. The molecule has 0 spiro atoms. The van der Waals surface area contributed by atoms with E-state index < -0.39 is 0 Å². The number of fused-ring (bicyclic) bond motifs is 1. The molecule has 0 bridgehead atoms. The Hall–Kier alpha value is -2.25. The van der Waals surface area contributed by atoms with Crippen molar-refractivity contribution in [3.05, 3.63) is 47.6 Å². The SMILES string of the molecule is COc1ccc(Cl)cc1NC(=O)CSc1nnc2ccccn12. The number of anilines is 1. The third-order valence-corrected chi connectivity index (χ3v) is 4.23. The molecule has 0 aliphatic carbocycles. The Morgan fingerprint density at radius 3 is 3.04 bits per heavy atom. The molecule has 23 heavy (non-hydrogen) atoms. The Bertz CT molecular complexity index is 852. The second-order valence-electron chi connectivity index (χ2n) is 4.59. The van der Waals surface area contributed by atoms with Gasteiger partial charge in [-0.1, -0.05) is 29.4 Å². The lowest BCUT2D eigenvalue weighted by Gasteiger charge is -2.10. The second-order valence-corrected chi connectivity index (χ2v) is 5.97. The van der Waals surface area contributed by atoms with Gasteiger partial charge >= 0.3 is 0 Å². The molecule has 0 fully saturated rings. The molecule has 1 aromatic carbocycles. The molecule has 3 rings (SSSR count). The molecule has 0 radical (unpaired) electrons. The maximum Gasteiger partial charge on any atom is 0.234 e. The number of hydrogen-bond donors (Lipinski definition) is 1. The van der Waals surface area contributed by atoms with Gasteiger partial charge in [-0.25, -0.2) is 0 Å². The Morgan fingerprint density at radius 1 is 1.35 bits per heavy atom. The van der Waals surface area contributed by atoms with Crippen molar-refractivity contribution < 1.29 is 9.53 Å². The van der Waals surface area contributed by atoms with Crippen molar-refractivity contribution in [3.8, 4) is 5.75 Å². The predicted octanol–water partition coefficient (Wildman–Crippen LogP) is 3.12. The Labute approximate surface area is 141 Å². The van der Waals surface area contributed by atoms with Crippen molar-refractivity contribution in [3.63, 3.8) is 0 Å². The van der Waals surface area contributed by atoms with Gasteiger partial charge in [0.25, 0.3) is 0 Å². The number of ether oxygens (including phenoxy) is 1. The van der Waals surface area contributed by atoms with Crippen molar-refractivity contribution in [1.82, 2.24) is 14.6 Å². The van der Waals surface area contributed by atoms with Crippen molar-refractivity contribution in [2.75, 3.05) is 18.2 Å². The fraction of sp³-hybridized carbons (Fsp3) is 0.133. The number of nitrogens with one attached hydrogen (secondary N) is 1. The summed E-state index contributed by atoms with van der Waals surface area (Å²) in [5.41, 5.74) is 1.28. The largest absolute Gasteiger partial charge is 0.495 e. The summed E-state index contributed by atoms with van der Waals surface area (Å²) >= 11 is 7.25. The van der Waals surface area contributed by atoms with E-state index in [0.29, 0.717) is 21.6 Å². The maximum absolute atomic E-state index is 12.1. The van der Waals surface area contributed by atoms with Crippen molar-refractivity contribution in [2.24, 2.45) is 0 Å². The normalized spacial score (nSPS) is 10.7. The summed E-state index contributed by atoms with van der Waals surface area (Å²) < 4.78 is 7.03. The lowest BCUT2D eigenvalue weighted by molar-refractivity contribution is -0.113. The highest BCUT2D eigenvalue weighted by atomic mass is 35.5. The summed E-state index contributed by atoms with van der Waals surface area (Å²) in [4.78, 5) is 12.1. The van der Waals surface area contributed by atoms with Gasteiger partial charge in [0.05, 0.1) is 18.6 Å². The second kappa shape index (κ2) is 6.89. The molecule has 2 aromatic heterocycles. The van der Waals surface area contributed by atoms with Crippen LogP contribution >= 0.6 is 23.4 Å². The number of aromatic nitrogens is 3. The molecule has 2 heterocycles. The van der Waals surface area contributed by atoms with Crippen LogP contribution in [-0.2, 0) is 4.79 Å². The monoisotopic (exact) mass is 348 g/mol. The highest BCUT2D eigenvalue weighted by molar-refractivity contribution is 7.99. The molecule has 0 atom stereocenters. The number of rotatable bonds is 5. The van der Waals surface area contributed by atoms with E-state index in [0.717, 1.165) is 5.65 Å². The summed E-state index contributed by atoms with van der Waals surface area (Å²) in [7, 11) is 1.54. The minimum absolute atomic E-state index is 0.178. The zero-order valence-corrected chi connectivity index (χ0v) is 13.8. The first-order valence-corrected chi connectivity index (χ1v) is 8.09. The van der Waals surface area contributed by atoms with Gasteiger partial charge in [0, 0.05) is 11.2 Å². The maximum atomic E-state index is 12.1. The number of carbonyl (C=O) groups excluding carboxylic acids is 1. The predicted molar refractivity (Wildman–Crippen MR) is 90.3 cm³/mol. The first-order chi connectivity index (χ1) is 11.2. The van der Waals surface area contributed by atoms with Crippen molar-refractivity contribution >= 4 is 40.6 Å². The van der Waals surface area contributed by atoms with Gasteiger partial charge in [0.2, 0.25) is 5.91 Å². The molecule has 6 nitrogen and oxygen atoms in total. The molecule has 0 saturated heterocycles. The average molecular weight is 349 g/mol. The summed E-state index contributed by atoms with van der Waals surface area (Å²) in [5, 5.41) is 12.1. The van der Waals surface area contributed by atoms with Crippen LogP contribution in [0.4, 0.5) is 5.69 Å². The highest BCUT2D eigenvalue weighted by Crippen LogP contribution is 2.28. The van der Waals surface area contributed by atoms with Gasteiger partial charge in [-0.15, -0.1) is 10.2 Å². The summed E-state index contributed by atoms with van der Waals surface area (Å²) in [6.07, 6.45) is 1.86. The molecule has 8 heteroatoms. The van der Waals surface area contributed by atoms with E-state index in [-0.39, 0.29) is 11.7 Å². The van der Waals surface area contributed by atoms with Crippen LogP contribution in [0.25, 0.3) is 5.65 Å². The van der Waals surface area contributed by atoms with Crippen molar-refractivity contribution in [2.45, 2.75) is 5.16 Å². The lowest BCUT2D eigenvalue weighted by Crippen LogP contribution is -2.15. The number of nitrogens with zero attached hydrogens (tertiary/aromatic N) is 3. The van der Waals surface area contributed by atoms with E-state index >= 15 is 0 Å². The minimum atomic E-state index is -0.178. The highest BCUT2D eigenvalue weighted by Gasteiger charge is 2.11. The van der Waals surface area contributed by atoms with Crippen LogP contribution in [0.15, 0.2) is 47.8 Å². The molecular weight excluding hydrogens is 336 g/mol. The number of thioether (sulfide) groups is 1. The van der Waals surface area contributed by atoms with Crippen LogP contribution in [0.3, 0.4) is 0 Å². The summed E-state index contributed by atoms with van der Waals surface area (Å²) in [6.45, 7) is 0. The van der Waals surface area contributed by atoms with E-state index in [1.165, 1.54) is 18.9 Å². The van der Waals surface area contributed by atoms with Gasteiger partial charge in [-0.3, -0.25) is 9.20 Å². The summed E-state index contributed by atoms with van der Waals surface area (Å²) in [6, 6.07) is 10.7. The van der Waals surface area contributed by atoms with Gasteiger partial charge < -0.3 is 10.1 Å². The number of amides is 1. The molecule has 1 amide bonds. The van der Waals surface area contributed by atoms with E-state index in [2.05, 4.69) is 15.5 Å². The Kier molecular flexibility index (Phi) is 4.68. The van der Waals surface area contributed by atoms with E-state index in [1.54, 1.807) is 18.2 Å². The van der Waals surface area contributed by atoms with E-state index in [4.69, 9.17) is 16.3 Å². The molecule has 3 aromatic rings. The molecule has 1 N–H and O–H groups in total. The number of hydrogen-bond acceptors (Lipinski definition) is 5. The smallest absolute Gasteiger partial charge is 0.234 e. The number of halogens is 1. The first kappa shape index (κ1) is 15.6. The van der Waals surface area contributed by atoms with Crippen LogP contribution in [0.5, 0.6) is 5.75 Å². The molecule has 118 valence electrons. The van der Waals surface area contributed by atoms with Gasteiger partial charge in [0.15, 0.2) is 10.8 Å². The van der Waals surface area contributed by atoms with Crippen LogP contribution in [0, 0.1) is 0 Å². The topological polar surface area (TPSA) is 68.5 Å². The Morgan fingerprint density at radius 2 is 2.22 bits per heavy atom.